The van der Waals surface area contributed by atoms with Crippen LogP contribution in [-0.2, 0) is 4.74 Å². The van der Waals surface area contributed by atoms with Crippen LogP contribution in [0.2, 0.25) is 5.02 Å². The van der Waals surface area contributed by atoms with Crippen molar-refractivity contribution in [1.29, 1.82) is 0 Å². The van der Waals surface area contributed by atoms with Gasteiger partial charge in [0.05, 0.1) is 17.8 Å². The Kier molecular flexibility index (Phi) is 4.92. The lowest BCUT2D eigenvalue weighted by molar-refractivity contribution is 0.0494. The Morgan fingerprint density at radius 2 is 2.44 bits per heavy atom. The summed E-state index contributed by atoms with van der Waals surface area (Å²) in [6.45, 7) is 5.60. The summed E-state index contributed by atoms with van der Waals surface area (Å²) < 4.78 is 5.00. The number of nitrogens with zero attached hydrogens (tertiary/aromatic N) is 2. The van der Waals surface area contributed by atoms with Crippen LogP contribution in [-0.4, -0.2) is 22.5 Å². The fourth-order valence-corrected chi connectivity index (χ4v) is 1.23. The predicted molar refractivity (Wildman–Crippen MR) is 61.5 cm³/mol. The van der Waals surface area contributed by atoms with Gasteiger partial charge in [0.1, 0.15) is 5.82 Å². The smallest absolute Gasteiger partial charge is 0.358 e. The van der Waals surface area contributed by atoms with Gasteiger partial charge in [-0.2, -0.15) is 0 Å². The lowest BCUT2D eigenvalue weighted by Crippen LogP contribution is -2.10. The highest BCUT2D eigenvalue weighted by atomic mass is 35.5. The maximum Gasteiger partial charge on any atom is 0.358 e. The van der Waals surface area contributed by atoms with Gasteiger partial charge in [-0.3, -0.25) is 0 Å². The molecule has 1 rings (SSSR count). The van der Waals surface area contributed by atoms with Crippen LogP contribution in [0, 0.1) is 6.92 Å². The van der Waals surface area contributed by atoms with Gasteiger partial charge in [0.25, 0.3) is 0 Å². The second kappa shape index (κ2) is 6.23. The van der Waals surface area contributed by atoms with Crippen LogP contribution in [0.3, 0.4) is 0 Å². The Hall–Kier alpha value is -1.42. The molecule has 0 saturated heterocycles. The van der Waals surface area contributed by atoms with E-state index in [4.69, 9.17) is 16.3 Å². The van der Waals surface area contributed by atoms with E-state index < -0.39 is 5.97 Å². The Balaban J connectivity index is 2.58. The van der Waals surface area contributed by atoms with Gasteiger partial charge in [-0.1, -0.05) is 17.7 Å². The Morgan fingerprint density at radius 3 is 3.12 bits per heavy atom. The van der Waals surface area contributed by atoms with E-state index in [-0.39, 0.29) is 10.7 Å². The van der Waals surface area contributed by atoms with Gasteiger partial charge >= 0.3 is 5.97 Å². The topological polar surface area (TPSA) is 52.1 Å². The number of carbonyl (C=O) groups excluding carboxylic acids is 1. The molecule has 0 aromatic carbocycles. The molecule has 86 valence electrons. The average Bonchev–Trinajstić information content (AvgIpc) is 2.27. The highest BCUT2D eigenvalue weighted by molar-refractivity contribution is 6.33. The van der Waals surface area contributed by atoms with Crippen molar-refractivity contribution < 1.29 is 9.53 Å². The third-order valence-electron chi connectivity index (χ3n) is 1.84. The van der Waals surface area contributed by atoms with E-state index in [9.17, 15) is 4.79 Å². The number of aryl methyl sites for hydroxylation is 1. The van der Waals surface area contributed by atoms with Gasteiger partial charge < -0.3 is 4.74 Å². The van der Waals surface area contributed by atoms with Gasteiger partial charge in [0.15, 0.2) is 5.69 Å². The van der Waals surface area contributed by atoms with Crippen molar-refractivity contribution in [2.24, 2.45) is 0 Å². The number of halogens is 1. The zero-order chi connectivity index (χ0) is 12.0. The summed E-state index contributed by atoms with van der Waals surface area (Å²) in [6.07, 6.45) is 4.72. The number of ether oxygens (including phenoxy) is 1. The summed E-state index contributed by atoms with van der Waals surface area (Å²) in [5, 5.41) is 0.208. The normalized spacial score (nSPS) is 9.88. The van der Waals surface area contributed by atoms with Crippen molar-refractivity contribution in [3.63, 3.8) is 0 Å². The number of carbonyl (C=O) groups is 1. The van der Waals surface area contributed by atoms with Crippen LogP contribution < -0.4 is 0 Å². The standard InChI is InChI=1S/C11H13ClN2O2/c1-3-4-5-6-16-11(15)10-9(12)7-13-8(2)14-10/h3,7H,1,4-6H2,2H3. The third-order valence-corrected chi connectivity index (χ3v) is 2.12. The number of allylic oxidation sites excluding steroid dienone is 1. The first kappa shape index (κ1) is 12.6. The molecule has 0 fully saturated rings. The van der Waals surface area contributed by atoms with Crippen LogP contribution in [0.25, 0.3) is 0 Å². The SMILES string of the molecule is C=CCCCOC(=O)c1nc(C)ncc1Cl. The van der Waals surface area contributed by atoms with E-state index in [0.717, 1.165) is 12.8 Å². The molecule has 0 radical (unpaired) electrons. The molecule has 0 aliphatic heterocycles. The van der Waals surface area contributed by atoms with E-state index in [0.29, 0.717) is 12.4 Å². The molecule has 0 N–H and O–H groups in total. The Morgan fingerprint density at radius 1 is 1.69 bits per heavy atom. The zero-order valence-corrected chi connectivity index (χ0v) is 9.83. The fourth-order valence-electron chi connectivity index (χ4n) is 1.06. The fraction of sp³-hybridized carbons (Fsp3) is 0.364. The van der Waals surface area contributed by atoms with Crippen LogP contribution in [0.1, 0.15) is 29.2 Å². The molecule has 0 amide bonds. The molecule has 5 heteroatoms. The summed E-state index contributed by atoms with van der Waals surface area (Å²) in [4.78, 5) is 19.4. The molecular formula is C11H13ClN2O2. The first-order valence-corrected chi connectivity index (χ1v) is 5.30. The number of rotatable bonds is 5. The van der Waals surface area contributed by atoms with Gasteiger partial charge in [-0.05, 0) is 19.8 Å². The van der Waals surface area contributed by atoms with Crippen molar-refractivity contribution >= 4 is 17.6 Å². The summed E-state index contributed by atoms with van der Waals surface area (Å²) >= 11 is 5.79. The molecule has 0 aliphatic carbocycles. The summed E-state index contributed by atoms with van der Waals surface area (Å²) in [5.41, 5.74) is 0.118. The molecule has 0 atom stereocenters. The van der Waals surface area contributed by atoms with E-state index in [1.807, 2.05) is 0 Å². The Bertz CT molecular complexity index is 394. The number of hydrogen-bond acceptors (Lipinski definition) is 4. The highest BCUT2D eigenvalue weighted by Crippen LogP contribution is 2.13. The van der Waals surface area contributed by atoms with Crippen LogP contribution in [0.5, 0.6) is 0 Å². The molecule has 4 nitrogen and oxygen atoms in total. The molecule has 0 unspecified atom stereocenters. The largest absolute Gasteiger partial charge is 0.461 e. The minimum Gasteiger partial charge on any atom is -0.461 e. The zero-order valence-electron chi connectivity index (χ0n) is 9.07. The summed E-state index contributed by atoms with van der Waals surface area (Å²) in [5.74, 6) is -0.0259. The highest BCUT2D eigenvalue weighted by Gasteiger charge is 2.14. The van der Waals surface area contributed by atoms with Gasteiger partial charge in [-0.25, -0.2) is 14.8 Å². The van der Waals surface area contributed by atoms with Gasteiger partial charge in [-0.15, -0.1) is 6.58 Å². The minimum atomic E-state index is -0.514. The lowest BCUT2D eigenvalue weighted by atomic mass is 10.3. The molecule has 0 spiro atoms. The maximum atomic E-state index is 11.6. The van der Waals surface area contributed by atoms with Crippen molar-refractivity contribution in [3.05, 3.63) is 35.4 Å². The lowest BCUT2D eigenvalue weighted by Gasteiger charge is -2.04. The summed E-state index contributed by atoms with van der Waals surface area (Å²) in [6, 6.07) is 0. The van der Waals surface area contributed by atoms with Crippen molar-refractivity contribution in [1.82, 2.24) is 9.97 Å². The molecular weight excluding hydrogens is 228 g/mol. The van der Waals surface area contributed by atoms with Crippen molar-refractivity contribution in [2.75, 3.05) is 6.61 Å². The minimum absolute atomic E-state index is 0.118. The molecule has 1 heterocycles. The molecule has 0 saturated carbocycles. The first-order chi connectivity index (χ1) is 7.65. The second-order valence-electron chi connectivity index (χ2n) is 3.18. The molecule has 0 aliphatic rings. The quantitative estimate of drug-likeness (QED) is 0.451. The van der Waals surface area contributed by atoms with Crippen molar-refractivity contribution in [2.45, 2.75) is 19.8 Å². The van der Waals surface area contributed by atoms with E-state index in [1.54, 1.807) is 13.0 Å². The average molecular weight is 241 g/mol. The third kappa shape index (κ3) is 3.62. The van der Waals surface area contributed by atoms with Gasteiger partial charge in [0.2, 0.25) is 0 Å². The monoisotopic (exact) mass is 240 g/mol. The number of unbranched alkanes of at least 4 members (excludes halogenated alkanes) is 1. The number of esters is 1. The molecule has 1 aromatic heterocycles. The molecule has 16 heavy (non-hydrogen) atoms. The Labute approximate surface area is 99.3 Å². The first-order valence-electron chi connectivity index (χ1n) is 4.92. The second-order valence-corrected chi connectivity index (χ2v) is 3.59. The van der Waals surface area contributed by atoms with E-state index in [2.05, 4.69) is 16.5 Å². The van der Waals surface area contributed by atoms with E-state index >= 15 is 0 Å². The van der Waals surface area contributed by atoms with Crippen LogP contribution in [0.4, 0.5) is 0 Å². The molecule has 0 bridgehead atoms. The summed E-state index contributed by atoms with van der Waals surface area (Å²) in [7, 11) is 0. The number of hydrogen-bond donors (Lipinski definition) is 0. The predicted octanol–water partition coefficient (Wildman–Crippen LogP) is 2.56. The van der Waals surface area contributed by atoms with Crippen molar-refractivity contribution in [3.8, 4) is 0 Å². The number of aromatic nitrogens is 2. The van der Waals surface area contributed by atoms with Gasteiger partial charge in [0, 0.05) is 0 Å². The van der Waals surface area contributed by atoms with E-state index in [1.165, 1.54) is 6.20 Å². The molecule has 1 aromatic rings. The maximum absolute atomic E-state index is 11.6. The van der Waals surface area contributed by atoms with Crippen LogP contribution >= 0.6 is 11.6 Å². The van der Waals surface area contributed by atoms with Crippen LogP contribution in [0.15, 0.2) is 18.9 Å².